The van der Waals surface area contributed by atoms with Crippen molar-refractivity contribution in [3.63, 3.8) is 0 Å². The molecule has 0 saturated carbocycles. The molecule has 0 aliphatic carbocycles. The number of aryl methyl sites for hydroxylation is 1. The number of amides is 1. The average Bonchev–Trinajstić information content (AvgIpc) is 2.82. The molecule has 1 aromatic carbocycles. The Morgan fingerprint density at radius 1 is 1.30 bits per heavy atom. The quantitative estimate of drug-likeness (QED) is 0.638. The lowest BCUT2D eigenvalue weighted by molar-refractivity contribution is -0.277. The maximum atomic E-state index is 12.5. The Morgan fingerprint density at radius 2 is 1.96 bits per heavy atom. The van der Waals surface area contributed by atoms with Crippen LogP contribution in [0.4, 0.5) is 19.0 Å². The van der Waals surface area contributed by atoms with Crippen LogP contribution in [0.3, 0.4) is 0 Å². The minimum absolute atomic E-state index is 0.0525. The van der Waals surface area contributed by atoms with Gasteiger partial charge in [0.25, 0.3) is 5.91 Å². The fourth-order valence-corrected chi connectivity index (χ4v) is 2.87. The van der Waals surface area contributed by atoms with Crippen molar-refractivity contribution < 1.29 is 27.8 Å². The molecular formula is C16H14F3N5O3. The molecular weight excluding hydrogens is 367 g/mol. The van der Waals surface area contributed by atoms with Crippen LogP contribution in [-0.4, -0.2) is 31.9 Å². The van der Waals surface area contributed by atoms with Crippen molar-refractivity contribution in [2.45, 2.75) is 20.2 Å². The van der Waals surface area contributed by atoms with E-state index in [1.807, 2.05) is 0 Å². The van der Waals surface area contributed by atoms with Gasteiger partial charge in [-0.25, -0.2) is 4.98 Å². The molecule has 0 bridgehead atoms. The van der Waals surface area contributed by atoms with Gasteiger partial charge < -0.3 is 21.3 Å². The molecule has 5 N–H and O–H groups in total. The highest BCUT2D eigenvalue weighted by Gasteiger charge is 2.33. The van der Waals surface area contributed by atoms with E-state index in [4.69, 9.17) is 11.5 Å². The number of phenols is 1. The van der Waals surface area contributed by atoms with Gasteiger partial charge in [-0.3, -0.25) is 9.36 Å². The zero-order valence-electron chi connectivity index (χ0n) is 14.1. The Hall–Kier alpha value is -3.50. The van der Waals surface area contributed by atoms with Gasteiger partial charge in [-0.15, -0.1) is 13.2 Å². The van der Waals surface area contributed by atoms with E-state index in [1.165, 1.54) is 10.6 Å². The molecule has 0 atom stereocenters. The summed E-state index contributed by atoms with van der Waals surface area (Å²) in [4.78, 5) is 19.1. The van der Waals surface area contributed by atoms with E-state index in [-0.39, 0.29) is 28.2 Å². The number of halogens is 3. The lowest BCUT2D eigenvalue weighted by Gasteiger charge is -2.15. The summed E-state index contributed by atoms with van der Waals surface area (Å²) in [6.45, 7) is 3.28. The van der Waals surface area contributed by atoms with Gasteiger partial charge >= 0.3 is 12.4 Å². The van der Waals surface area contributed by atoms with Crippen molar-refractivity contribution in [2.75, 3.05) is 5.73 Å². The molecule has 0 spiro atoms. The number of nitrogens with zero attached hydrogens (tertiary/aromatic N) is 3. The van der Waals surface area contributed by atoms with Crippen molar-refractivity contribution in [3.05, 3.63) is 35.0 Å². The maximum absolute atomic E-state index is 12.5. The van der Waals surface area contributed by atoms with Gasteiger partial charge in [0.1, 0.15) is 11.6 Å². The Balaban J connectivity index is 2.41. The van der Waals surface area contributed by atoms with Crippen LogP contribution in [0.5, 0.6) is 11.8 Å². The molecule has 0 unspecified atom stereocenters. The first-order valence-electron chi connectivity index (χ1n) is 7.53. The van der Waals surface area contributed by atoms with Gasteiger partial charge in [0.05, 0.1) is 16.6 Å². The van der Waals surface area contributed by atoms with E-state index in [9.17, 15) is 23.1 Å². The molecule has 8 nitrogen and oxygen atoms in total. The number of hydrogen-bond donors (Lipinski definition) is 3. The monoisotopic (exact) mass is 381 g/mol. The number of hydrogen-bond acceptors (Lipinski definition) is 6. The highest BCUT2D eigenvalue weighted by Crippen LogP contribution is 2.36. The summed E-state index contributed by atoms with van der Waals surface area (Å²) in [5.41, 5.74) is 12.5. The fraction of sp³-hybridized carbons (Fsp3) is 0.188. The minimum Gasteiger partial charge on any atom is -0.508 e. The molecule has 0 radical (unpaired) electrons. The van der Waals surface area contributed by atoms with E-state index in [2.05, 4.69) is 14.7 Å². The van der Waals surface area contributed by atoms with Crippen LogP contribution in [-0.2, 0) is 0 Å². The number of primary amides is 1. The number of aromatic nitrogens is 3. The topological polar surface area (TPSA) is 129 Å². The summed E-state index contributed by atoms with van der Waals surface area (Å²) in [6.07, 6.45) is -4.02. The zero-order valence-corrected chi connectivity index (χ0v) is 14.1. The second-order valence-electron chi connectivity index (χ2n) is 5.77. The molecule has 1 amide bonds. The molecule has 142 valence electrons. The third kappa shape index (κ3) is 3.07. The molecule has 2 heterocycles. The van der Waals surface area contributed by atoms with Crippen molar-refractivity contribution >= 4 is 22.8 Å². The van der Waals surface area contributed by atoms with Crippen molar-refractivity contribution in [1.82, 2.24) is 14.5 Å². The molecule has 27 heavy (non-hydrogen) atoms. The Kier molecular flexibility index (Phi) is 4.09. The van der Waals surface area contributed by atoms with Gasteiger partial charge in [-0.1, -0.05) is 6.07 Å². The second kappa shape index (κ2) is 6.04. The molecule has 0 aliphatic rings. The number of carbonyl (C=O) groups is 1. The van der Waals surface area contributed by atoms with Crippen LogP contribution < -0.4 is 16.2 Å². The number of rotatable bonds is 3. The van der Waals surface area contributed by atoms with Gasteiger partial charge in [-0.05, 0) is 25.5 Å². The Morgan fingerprint density at radius 3 is 2.56 bits per heavy atom. The summed E-state index contributed by atoms with van der Waals surface area (Å²) < 4.78 is 42.5. The summed E-state index contributed by atoms with van der Waals surface area (Å²) >= 11 is 0. The number of nitrogen functional groups attached to an aromatic ring is 1. The number of carbonyl (C=O) groups excluding carboxylic acids is 1. The third-order valence-electron chi connectivity index (χ3n) is 4.01. The summed E-state index contributed by atoms with van der Waals surface area (Å²) in [6, 6.07) is 2.07. The number of nitrogens with two attached hydrogens (primary N) is 2. The molecule has 3 aromatic rings. The standard InChI is InChI=1S/C16H14F3N5O3/c1-6-3-4-9(25)7(2)11(6)24-12(20)10(13(21)26)8-5-22-15(23-14(8)24)27-16(17,18)19/h3-5,25H,20H2,1-2H3,(H2,21,26). The predicted octanol–water partition coefficient (Wildman–Crippen LogP) is 2.32. The van der Waals surface area contributed by atoms with Crippen LogP contribution in [0.1, 0.15) is 21.5 Å². The van der Waals surface area contributed by atoms with Crippen LogP contribution in [0.25, 0.3) is 16.7 Å². The third-order valence-corrected chi connectivity index (χ3v) is 4.01. The summed E-state index contributed by atoms with van der Waals surface area (Å²) in [5, 5.41) is 10.1. The predicted molar refractivity (Wildman–Crippen MR) is 89.6 cm³/mol. The molecule has 0 fully saturated rings. The fourth-order valence-electron chi connectivity index (χ4n) is 2.87. The Bertz CT molecular complexity index is 1080. The normalized spacial score (nSPS) is 11.7. The van der Waals surface area contributed by atoms with E-state index in [0.717, 1.165) is 6.20 Å². The van der Waals surface area contributed by atoms with E-state index < -0.39 is 18.3 Å². The van der Waals surface area contributed by atoms with Crippen molar-refractivity contribution in [2.24, 2.45) is 5.73 Å². The van der Waals surface area contributed by atoms with Crippen LogP contribution in [0, 0.1) is 13.8 Å². The SMILES string of the molecule is Cc1ccc(O)c(C)c1-n1c(N)c(C(N)=O)c2cnc(OC(F)(F)F)nc21. The number of aromatic hydroxyl groups is 1. The number of ether oxygens (including phenoxy) is 1. The molecule has 3 rings (SSSR count). The van der Waals surface area contributed by atoms with E-state index >= 15 is 0 Å². The number of alkyl halides is 3. The lowest BCUT2D eigenvalue weighted by atomic mass is 10.1. The largest absolute Gasteiger partial charge is 0.575 e. The number of benzene rings is 1. The van der Waals surface area contributed by atoms with Gasteiger partial charge in [0.2, 0.25) is 0 Å². The number of phenolic OH excluding ortho intramolecular Hbond substituents is 1. The van der Waals surface area contributed by atoms with Crippen LogP contribution in [0.15, 0.2) is 18.3 Å². The average molecular weight is 381 g/mol. The van der Waals surface area contributed by atoms with Crippen molar-refractivity contribution in [3.8, 4) is 17.4 Å². The second-order valence-corrected chi connectivity index (χ2v) is 5.77. The number of anilines is 1. The summed E-state index contributed by atoms with van der Waals surface area (Å²) in [5.74, 6) is -1.12. The molecule has 0 aliphatic heterocycles. The zero-order chi connectivity index (χ0) is 20.1. The lowest BCUT2D eigenvalue weighted by Crippen LogP contribution is -2.19. The first kappa shape index (κ1) is 18.3. The summed E-state index contributed by atoms with van der Waals surface area (Å²) in [7, 11) is 0. The highest BCUT2D eigenvalue weighted by molar-refractivity contribution is 6.10. The first-order chi connectivity index (χ1) is 12.5. The first-order valence-corrected chi connectivity index (χ1v) is 7.53. The van der Waals surface area contributed by atoms with Crippen LogP contribution in [0.2, 0.25) is 0 Å². The maximum Gasteiger partial charge on any atom is 0.575 e. The van der Waals surface area contributed by atoms with Gasteiger partial charge in [0, 0.05) is 11.8 Å². The van der Waals surface area contributed by atoms with Gasteiger partial charge in [-0.2, -0.15) is 4.98 Å². The molecule has 2 aromatic heterocycles. The minimum atomic E-state index is -5.00. The van der Waals surface area contributed by atoms with Gasteiger partial charge in [0.15, 0.2) is 5.65 Å². The number of fused-ring (bicyclic) bond motifs is 1. The van der Waals surface area contributed by atoms with Crippen LogP contribution >= 0.6 is 0 Å². The molecule has 0 saturated heterocycles. The van der Waals surface area contributed by atoms with E-state index in [0.29, 0.717) is 16.8 Å². The van der Waals surface area contributed by atoms with Crippen molar-refractivity contribution in [1.29, 1.82) is 0 Å². The Labute approximate surface area is 150 Å². The highest BCUT2D eigenvalue weighted by atomic mass is 19.4. The smallest absolute Gasteiger partial charge is 0.508 e. The van der Waals surface area contributed by atoms with E-state index in [1.54, 1.807) is 19.9 Å². The molecule has 11 heteroatoms.